The Hall–Kier alpha value is -1.09. The van der Waals surface area contributed by atoms with Crippen LogP contribution >= 0.6 is 11.6 Å². The third-order valence-electron chi connectivity index (χ3n) is 1.80. The van der Waals surface area contributed by atoms with Gasteiger partial charge < -0.3 is 4.74 Å². The molecule has 0 N–H and O–H groups in total. The fourth-order valence-corrected chi connectivity index (χ4v) is 1.45. The van der Waals surface area contributed by atoms with Gasteiger partial charge in [-0.05, 0) is 32.9 Å². The van der Waals surface area contributed by atoms with Crippen molar-refractivity contribution < 1.29 is 13.9 Å². The summed E-state index contributed by atoms with van der Waals surface area (Å²) in [7, 11) is 0. The number of halogens is 2. The standard InChI is InChI=1S/C12H14ClFO2/c1-12(2,3)16-11(15)7-8-9(13)5-4-6-10(8)14/h4-6H,7H2,1-3H3. The lowest BCUT2D eigenvalue weighted by Crippen LogP contribution is -2.25. The molecule has 0 atom stereocenters. The van der Waals surface area contributed by atoms with E-state index in [2.05, 4.69) is 0 Å². The van der Waals surface area contributed by atoms with Gasteiger partial charge in [-0.15, -0.1) is 0 Å². The van der Waals surface area contributed by atoms with Crippen LogP contribution in [0, 0.1) is 5.82 Å². The highest BCUT2D eigenvalue weighted by Crippen LogP contribution is 2.20. The summed E-state index contributed by atoms with van der Waals surface area (Å²) >= 11 is 5.80. The molecule has 0 aliphatic rings. The largest absolute Gasteiger partial charge is 0.460 e. The van der Waals surface area contributed by atoms with Gasteiger partial charge in [-0.3, -0.25) is 4.79 Å². The van der Waals surface area contributed by atoms with Crippen LogP contribution in [-0.2, 0) is 16.0 Å². The average molecular weight is 245 g/mol. The van der Waals surface area contributed by atoms with Crippen molar-refractivity contribution in [3.8, 4) is 0 Å². The van der Waals surface area contributed by atoms with Crippen LogP contribution in [0.25, 0.3) is 0 Å². The minimum Gasteiger partial charge on any atom is -0.460 e. The van der Waals surface area contributed by atoms with Gasteiger partial charge in [-0.1, -0.05) is 17.7 Å². The molecule has 0 aliphatic heterocycles. The Morgan fingerprint density at radius 1 is 1.44 bits per heavy atom. The zero-order valence-corrected chi connectivity index (χ0v) is 10.3. The Bertz CT molecular complexity index is 376. The van der Waals surface area contributed by atoms with Gasteiger partial charge in [0.2, 0.25) is 0 Å². The SMILES string of the molecule is CC(C)(C)OC(=O)Cc1c(F)cccc1Cl. The predicted octanol–water partition coefficient (Wildman–Crippen LogP) is 3.36. The van der Waals surface area contributed by atoms with E-state index in [1.165, 1.54) is 12.1 Å². The van der Waals surface area contributed by atoms with E-state index in [0.717, 1.165) is 0 Å². The maximum Gasteiger partial charge on any atom is 0.310 e. The Kier molecular flexibility index (Phi) is 3.92. The van der Waals surface area contributed by atoms with E-state index in [-0.39, 0.29) is 17.0 Å². The Labute approximate surface area is 99.4 Å². The molecule has 16 heavy (non-hydrogen) atoms. The maximum absolute atomic E-state index is 13.4. The van der Waals surface area contributed by atoms with Crippen molar-refractivity contribution in [3.05, 3.63) is 34.6 Å². The summed E-state index contributed by atoms with van der Waals surface area (Å²) in [6.07, 6.45) is -0.150. The first-order valence-corrected chi connectivity index (χ1v) is 5.32. The molecule has 88 valence electrons. The second kappa shape index (κ2) is 4.83. The number of esters is 1. The van der Waals surface area contributed by atoms with Gasteiger partial charge in [-0.2, -0.15) is 0 Å². The summed E-state index contributed by atoms with van der Waals surface area (Å²) in [5.41, 5.74) is -0.395. The van der Waals surface area contributed by atoms with Gasteiger partial charge >= 0.3 is 5.97 Å². The Morgan fingerprint density at radius 2 is 2.06 bits per heavy atom. The number of rotatable bonds is 2. The quantitative estimate of drug-likeness (QED) is 0.746. The molecule has 1 aromatic rings. The molecule has 0 saturated carbocycles. The number of carbonyl (C=O) groups is 1. The first kappa shape index (κ1) is 13.0. The molecular weight excluding hydrogens is 231 g/mol. The molecule has 1 rings (SSSR count). The van der Waals surface area contributed by atoms with Crippen LogP contribution in [0.1, 0.15) is 26.3 Å². The third-order valence-corrected chi connectivity index (χ3v) is 2.16. The number of hydrogen-bond donors (Lipinski definition) is 0. The molecule has 0 bridgehead atoms. The Morgan fingerprint density at radius 3 is 2.56 bits per heavy atom. The topological polar surface area (TPSA) is 26.3 Å². The first-order valence-electron chi connectivity index (χ1n) is 4.94. The lowest BCUT2D eigenvalue weighted by Gasteiger charge is -2.19. The Balaban J connectivity index is 2.78. The van der Waals surface area contributed by atoms with Gasteiger partial charge in [0.15, 0.2) is 0 Å². The maximum atomic E-state index is 13.4. The summed E-state index contributed by atoms with van der Waals surface area (Å²) in [4.78, 5) is 11.5. The average Bonchev–Trinajstić information content (AvgIpc) is 2.08. The summed E-state index contributed by atoms with van der Waals surface area (Å²) in [6, 6.07) is 4.31. The van der Waals surface area contributed by atoms with E-state index in [1.807, 2.05) is 0 Å². The summed E-state index contributed by atoms with van der Waals surface area (Å²) in [6.45, 7) is 5.27. The molecule has 0 spiro atoms. The van der Waals surface area contributed by atoms with Crippen LogP contribution in [0.3, 0.4) is 0 Å². The molecule has 0 aliphatic carbocycles. The first-order chi connectivity index (χ1) is 7.29. The second-order valence-electron chi connectivity index (χ2n) is 4.46. The fourth-order valence-electron chi connectivity index (χ4n) is 1.22. The van der Waals surface area contributed by atoms with Crippen molar-refractivity contribution in [3.63, 3.8) is 0 Å². The highest BCUT2D eigenvalue weighted by molar-refractivity contribution is 6.31. The number of hydrogen-bond acceptors (Lipinski definition) is 2. The number of carbonyl (C=O) groups excluding carboxylic acids is 1. The van der Waals surface area contributed by atoms with E-state index in [4.69, 9.17) is 16.3 Å². The molecule has 4 heteroatoms. The van der Waals surface area contributed by atoms with E-state index in [9.17, 15) is 9.18 Å². The second-order valence-corrected chi connectivity index (χ2v) is 4.87. The lowest BCUT2D eigenvalue weighted by molar-refractivity contribution is -0.153. The summed E-state index contributed by atoms with van der Waals surface area (Å²) in [5.74, 6) is -0.974. The molecular formula is C12H14ClFO2. The van der Waals surface area contributed by atoms with Crippen molar-refractivity contribution in [1.82, 2.24) is 0 Å². The van der Waals surface area contributed by atoms with Gasteiger partial charge in [0.25, 0.3) is 0 Å². The molecule has 1 aromatic carbocycles. The molecule has 0 unspecified atom stereocenters. The summed E-state index contributed by atoms with van der Waals surface area (Å²) in [5, 5.41) is 0.242. The monoisotopic (exact) mass is 244 g/mol. The van der Waals surface area contributed by atoms with E-state index in [1.54, 1.807) is 26.8 Å². The van der Waals surface area contributed by atoms with E-state index < -0.39 is 17.4 Å². The number of benzene rings is 1. The third kappa shape index (κ3) is 3.81. The molecule has 0 saturated heterocycles. The van der Waals surface area contributed by atoms with Crippen molar-refractivity contribution >= 4 is 17.6 Å². The van der Waals surface area contributed by atoms with Crippen LogP contribution in [0.15, 0.2) is 18.2 Å². The lowest BCUT2D eigenvalue weighted by atomic mass is 10.1. The van der Waals surface area contributed by atoms with Crippen LogP contribution in [0.2, 0.25) is 5.02 Å². The van der Waals surface area contributed by atoms with Crippen LogP contribution in [-0.4, -0.2) is 11.6 Å². The molecule has 0 radical (unpaired) electrons. The van der Waals surface area contributed by atoms with E-state index >= 15 is 0 Å². The molecule has 0 aromatic heterocycles. The zero-order chi connectivity index (χ0) is 12.3. The highest BCUT2D eigenvalue weighted by Gasteiger charge is 2.19. The molecule has 0 amide bonds. The smallest absolute Gasteiger partial charge is 0.310 e. The minimum absolute atomic E-state index is 0.150. The molecule has 0 heterocycles. The fraction of sp³-hybridized carbons (Fsp3) is 0.417. The van der Waals surface area contributed by atoms with Crippen molar-refractivity contribution in [2.75, 3.05) is 0 Å². The van der Waals surface area contributed by atoms with Gasteiger partial charge in [0.05, 0.1) is 6.42 Å². The van der Waals surface area contributed by atoms with Gasteiger partial charge in [0.1, 0.15) is 11.4 Å². The predicted molar refractivity (Wildman–Crippen MR) is 61.0 cm³/mol. The van der Waals surface area contributed by atoms with Crippen LogP contribution in [0.4, 0.5) is 4.39 Å². The van der Waals surface area contributed by atoms with Crippen molar-refractivity contribution in [2.24, 2.45) is 0 Å². The molecule has 2 nitrogen and oxygen atoms in total. The highest BCUT2D eigenvalue weighted by atomic mass is 35.5. The van der Waals surface area contributed by atoms with Crippen LogP contribution < -0.4 is 0 Å². The zero-order valence-electron chi connectivity index (χ0n) is 9.51. The van der Waals surface area contributed by atoms with Gasteiger partial charge in [-0.25, -0.2) is 4.39 Å². The van der Waals surface area contributed by atoms with Crippen molar-refractivity contribution in [2.45, 2.75) is 32.8 Å². The number of ether oxygens (including phenoxy) is 1. The minimum atomic E-state index is -0.575. The summed E-state index contributed by atoms with van der Waals surface area (Å²) < 4.78 is 18.4. The van der Waals surface area contributed by atoms with E-state index in [0.29, 0.717) is 0 Å². The normalized spacial score (nSPS) is 11.3. The van der Waals surface area contributed by atoms with Gasteiger partial charge in [0, 0.05) is 10.6 Å². The van der Waals surface area contributed by atoms with Crippen LogP contribution in [0.5, 0.6) is 0 Å². The van der Waals surface area contributed by atoms with Crippen molar-refractivity contribution in [1.29, 1.82) is 0 Å². The molecule has 0 fully saturated rings.